The smallest absolute Gasteiger partial charge is 0.139 e. The molecule has 112 valence electrons. The summed E-state index contributed by atoms with van der Waals surface area (Å²) in [4.78, 5) is 12.3. The van der Waals surface area contributed by atoms with Crippen LogP contribution in [0.15, 0.2) is 0 Å². The lowest BCUT2D eigenvalue weighted by atomic mass is 9.50. The van der Waals surface area contributed by atoms with Crippen LogP contribution in [-0.4, -0.2) is 17.0 Å². The molecule has 7 unspecified atom stereocenters. The van der Waals surface area contributed by atoms with Gasteiger partial charge in [0.25, 0.3) is 0 Å². The minimum absolute atomic E-state index is 0.0299. The maximum Gasteiger partial charge on any atom is 0.139 e. The Morgan fingerprint density at radius 2 is 1.80 bits per heavy atom. The molecule has 0 spiro atoms. The van der Waals surface area contributed by atoms with Crippen LogP contribution in [0.1, 0.15) is 64.7 Å². The molecule has 4 aliphatic rings. The zero-order chi connectivity index (χ0) is 13.9. The van der Waals surface area contributed by atoms with Crippen LogP contribution in [0.5, 0.6) is 0 Å². The molecular formula is C18H28O2. The standard InChI is InChI=1S/C18H28O2/c1-18-9-8-14-13-5-3-12(19)10-11(13)2-4-15(14)16(18)6-7-17(18)20/h11-16,19H,2-10H2,1H3. The van der Waals surface area contributed by atoms with Crippen molar-refractivity contribution in [3.8, 4) is 0 Å². The second-order valence-corrected chi connectivity index (χ2v) is 8.32. The monoisotopic (exact) mass is 276 g/mol. The van der Waals surface area contributed by atoms with E-state index in [1.54, 1.807) is 0 Å². The van der Waals surface area contributed by atoms with Crippen molar-refractivity contribution in [3.05, 3.63) is 0 Å². The van der Waals surface area contributed by atoms with Crippen molar-refractivity contribution in [2.24, 2.45) is 35.0 Å². The lowest BCUT2D eigenvalue weighted by Crippen LogP contribution is -2.49. The van der Waals surface area contributed by atoms with Crippen LogP contribution in [0.4, 0.5) is 0 Å². The third-order valence-electron chi connectivity index (χ3n) is 7.64. The molecule has 7 atom stereocenters. The van der Waals surface area contributed by atoms with E-state index >= 15 is 0 Å². The van der Waals surface area contributed by atoms with Gasteiger partial charge < -0.3 is 5.11 Å². The lowest BCUT2D eigenvalue weighted by molar-refractivity contribution is -0.133. The Morgan fingerprint density at radius 1 is 1.00 bits per heavy atom. The van der Waals surface area contributed by atoms with Gasteiger partial charge in [0, 0.05) is 11.8 Å². The predicted octanol–water partition coefficient (Wildman–Crippen LogP) is 3.57. The summed E-state index contributed by atoms with van der Waals surface area (Å²) in [5.74, 6) is 4.56. The molecule has 4 saturated carbocycles. The lowest BCUT2D eigenvalue weighted by Gasteiger charge is -2.54. The molecule has 0 radical (unpaired) electrons. The molecule has 1 N–H and O–H groups in total. The van der Waals surface area contributed by atoms with E-state index in [0.717, 1.165) is 55.8 Å². The van der Waals surface area contributed by atoms with E-state index in [2.05, 4.69) is 6.92 Å². The average molecular weight is 276 g/mol. The van der Waals surface area contributed by atoms with Crippen LogP contribution in [0, 0.1) is 35.0 Å². The minimum atomic E-state index is -0.0327. The minimum Gasteiger partial charge on any atom is -0.393 e. The summed E-state index contributed by atoms with van der Waals surface area (Å²) in [5.41, 5.74) is 0.0299. The van der Waals surface area contributed by atoms with Crippen LogP contribution in [0.2, 0.25) is 0 Å². The number of carbonyl (C=O) groups excluding carboxylic acids is 1. The van der Waals surface area contributed by atoms with Gasteiger partial charge in [-0.15, -0.1) is 0 Å². The fraction of sp³-hybridized carbons (Fsp3) is 0.944. The number of hydrogen-bond donors (Lipinski definition) is 1. The fourth-order valence-electron chi connectivity index (χ4n) is 6.60. The number of rotatable bonds is 0. The van der Waals surface area contributed by atoms with E-state index in [1.165, 1.54) is 25.7 Å². The quantitative estimate of drug-likeness (QED) is 0.734. The molecule has 4 aliphatic carbocycles. The maximum absolute atomic E-state index is 12.3. The first kappa shape index (κ1) is 13.3. The summed E-state index contributed by atoms with van der Waals surface area (Å²) in [6, 6.07) is 0. The summed E-state index contributed by atoms with van der Waals surface area (Å²) in [6.07, 6.45) is 10.3. The molecule has 20 heavy (non-hydrogen) atoms. The summed E-state index contributed by atoms with van der Waals surface area (Å²) < 4.78 is 0. The Hall–Kier alpha value is -0.370. The molecule has 0 bridgehead atoms. The first-order chi connectivity index (χ1) is 9.59. The van der Waals surface area contributed by atoms with Gasteiger partial charge in [0.1, 0.15) is 5.78 Å². The predicted molar refractivity (Wildman–Crippen MR) is 78.1 cm³/mol. The van der Waals surface area contributed by atoms with Gasteiger partial charge in [-0.1, -0.05) is 6.92 Å². The van der Waals surface area contributed by atoms with E-state index in [4.69, 9.17) is 0 Å². The highest BCUT2D eigenvalue weighted by Crippen LogP contribution is 2.61. The molecule has 0 aromatic heterocycles. The molecule has 0 aliphatic heterocycles. The largest absolute Gasteiger partial charge is 0.393 e. The van der Waals surface area contributed by atoms with Gasteiger partial charge in [-0.05, 0) is 81.0 Å². The van der Waals surface area contributed by atoms with Crippen molar-refractivity contribution in [2.45, 2.75) is 70.8 Å². The highest BCUT2D eigenvalue weighted by molar-refractivity contribution is 5.87. The molecule has 0 amide bonds. The summed E-state index contributed by atoms with van der Waals surface area (Å²) >= 11 is 0. The Bertz CT molecular complexity index is 418. The molecular weight excluding hydrogens is 248 g/mol. The molecule has 0 heterocycles. The molecule has 2 heteroatoms. The number of aliphatic hydroxyl groups excluding tert-OH is 1. The number of Topliss-reactive ketones (excluding diaryl/α,β-unsaturated/α-hetero) is 1. The fourth-order valence-corrected chi connectivity index (χ4v) is 6.60. The van der Waals surface area contributed by atoms with Crippen LogP contribution in [-0.2, 0) is 4.79 Å². The second kappa shape index (κ2) is 4.56. The highest BCUT2D eigenvalue weighted by atomic mass is 16.3. The number of fused-ring (bicyclic) bond motifs is 5. The van der Waals surface area contributed by atoms with Crippen molar-refractivity contribution in [2.75, 3.05) is 0 Å². The van der Waals surface area contributed by atoms with Gasteiger partial charge in [-0.2, -0.15) is 0 Å². The summed E-state index contributed by atoms with van der Waals surface area (Å²) in [7, 11) is 0. The normalized spacial score (nSPS) is 55.0. The van der Waals surface area contributed by atoms with Crippen LogP contribution >= 0.6 is 0 Å². The maximum atomic E-state index is 12.3. The Labute approximate surface area is 122 Å². The van der Waals surface area contributed by atoms with Gasteiger partial charge in [-0.25, -0.2) is 0 Å². The molecule has 4 rings (SSSR count). The van der Waals surface area contributed by atoms with Crippen molar-refractivity contribution >= 4 is 5.78 Å². The van der Waals surface area contributed by atoms with E-state index < -0.39 is 0 Å². The van der Waals surface area contributed by atoms with Crippen LogP contribution in [0.3, 0.4) is 0 Å². The molecule has 4 fully saturated rings. The van der Waals surface area contributed by atoms with Crippen LogP contribution < -0.4 is 0 Å². The molecule has 0 aromatic carbocycles. The Balaban J connectivity index is 1.58. The second-order valence-electron chi connectivity index (χ2n) is 8.32. The number of ketones is 1. The van der Waals surface area contributed by atoms with E-state index in [1.807, 2.05) is 0 Å². The van der Waals surface area contributed by atoms with Gasteiger partial charge in [0.15, 0.2) is 0 Å². The zero-order valence-corrected chi connectivity index (χ0v) is 12.7. The number of hydrogen-bond acceptors (Lipinski definition) is 2. The van der Waals surface area contributed by atoms with E-state index in [0.29, 0.717) is 11.7 Å². The van der Waals surface area contributed by atoms with Gasteiger partial charge >= 0.3 is 0 Å². The SMILES string of the molecule is CC12CCC3C4CCC(O)CC4CCC3C1CCC2=O. The van der Waals surface area contributed by atoms with E-state index in [9.17, 15) is 9.90 Å². The highest BCUT2D eigenvalue weighted by Gasteiger charge is 2.56. The average Bonchev–Trinajstić information content (AvgIpc) is 2.74. The van der Waals surface area contributed by atoms with Gasteiger partial charge in [0.2, 0.25) is 0 Å². The first-order valence-electron chi connectivity index (χ1n) is 8.81. The topological polar surface area (TPSA) is 37.3 Å². The summed E-state index contributed by atoms with van der Waals surface area (Å²) in [5, 5.41) is 9.93. The third-order valence-corrected chi connectivity index (χ3v) is 7.64. The van der Waals surface area contributed by atoms with E-state index in [-0.39, 0.29) is 11.5 Å². The number of carbonyl (C=O) groups is 1. The van der Waals surface area contributed by atoms with Crippen LogP contribution in [0.25, 0.3) is 0 Å². The Kier molecular flexibility index (Phi) is 3.03. The number of aliphatic hydroxyl groups is 1. The Morgan fingerprint density at radius 3 is 2.65 bits per heavy atom. The molecule has 0 saturated heterocycles. The van der Waals surface area contributed by atoms with Crippen molar-refractivity contribution in [3.63, 3.8) is 0 Å². The first-order valence-corrected chi connectivity index (χ1v) is 8.81. The van der Waals surface area contributed by atoms with Crippen molar-refractivity contribution < 1.29 is 9.90 Å². The van der Waals surface area contributed by atoms with Gasteiger partial charge in [-0.3, -0.25) is 4.79 Å². The molecule has 2 nitrogen and oxygen atoms in total. The van der Waals surface area contributed by atoms with Crippen molar-refractivity contribution in [1.82, 2.24) is 0 Å². The third kappa shape index (κ3) is 1.76. The summed E-state index contributed by atoms with van der Waals surface area (Å²) in [6.45, 7) is 2.26. The van der Waals surface area contributed by atoms with Crippen molar-refractivity contribution in [1.29, 1.82) is 0 Å². The zero-order valence-electron chi connectivity index (χ0n) is 12.7. The molecule has 0 aromatic rings. The van der Waals surface area contributed by atoms with Gasteiger partial charge in [0.05, 0.1) is 6.10 Å².